The molecule has 130 valence electrons. The fourth-order valence-corrected chi connectivity index (χ4v) is 2.71. The zero-order valence-corrected chi connectivity index (χ0v) is 14.8. The van der Waals surface area contributed by atoms with E-state index < -0.39 is 0 Å². The summed E-state index contributed by atoms with van der Waals surface area (Å²) in [6, 6.07) is 13.9. The quantitative estimate of drug-likeness (QED) is 0.721. The van der Waals surface area contributed by atoms with Crippen LogP contribution in [0.15, 0.2) is 42.5 Å². The van der Waals surface area contributed by atoms with Crippen molar-refractivity contribution in [2.45, 2.75) is 33.2 Å². The number of H-pyrrole nitrogens is 1. The molecular weight excluding hydrogens is 314 g/mol. The van der Waals surface area contributed by atoms with Crippen LogP contribution in [0.5, 0.6) is 5.75 Å². The minimum atomic E-state index is -0.170. The van der Waals surface area contributed by atoms with Gasteiger partial charge >= 0.3 is 0 Å². The zero-order chi connectivity index (χ0) is 17.8. The van der Waals surface area contributed by atoms with Crippen molar-refractivity contribution in [1.82, 2.24) is 15.3 Å². The van der Waals surface area contributed by atoms with E-state index in [1.54, 1.807) is 0 Å². The Kier molecular flexibility index (Phi) is 5.03. The highest BCUT2D eigenvalue weighted by atomic mass is 16.5. The number of aromatic amines is 1. The molecule has 2 N–H and O–H groups in total. The van der Waals surface area contributed by atoms with Gasteiger partial charge in [0, 0.05) is 0 Å². The van der Waals surface area contributed by atoms with E-state index in [2.05, 4.69) is 41.3 Å². The van der Waals surface area contributed by atoms with Gasteiger partial charge in [0.2, 0.25) is 0 Å². The highest BCUT2D eigenvalue weighted by Crippen LogP contribution is 2.27. The standard InChI is InChI=1S/C20H23N3O2/c1-13(2)15-9-8-14(3)10-18(15)25-12-20(24)21-11-19-22-16-6-4-5-7-17(16)23-19/h4-10,13H,11-12H2,1-3H3,(H,21,24)(H,22,23). The van der Waals surface area contributed by atoms with Crippen LogP contribution in [0.4, 0.5) is 0 Å². The molecule has 2 aromatic carbocycles. The van der Waals surface area contributed by atoms with Crippen LogP contribution >= 0.6 is 0 Å². The number of benzene rings is 2. The van der Waals surface area contributed by atoms with Crippen LogP contribution in [-0.4, -0.2) is 22.5 Å². The second-order valence-corrected chi connectivity index (χ2v) is 6.46. The number of rotatable bonds is 6. The van der Waals surface area contributed by atoms with Crippen molar-refractivity contribution >= 4 is 16.9 Å². The molecule has 0 spiro atoms. The number of amides is 1. The Morgan fingerprint density at radius 3 is 2.80 bits per heavy atom. The molecular formula is C20H23N3O2. The first kappa shape index (κ1) is 17.0. The van der Waals surface area contributed by atoms with E-state index in [0.717, 1.165) is 33.7 Å². The molecule has 5 heteroatoms. The predicted molar refractivity (Wildman–Crippen MR) is 98.7 cm³/mol. The fraction of sp³-hybridized carbons (Fsp3) is 0.300. The summed E-state index contributed by atoms with van der Waals surface area (Å²) >= 11 is 0. The summed E-state index contributed by atoms with van der Waals surface area (Å²) in [6.45, 7) is 6.57. The monoisotopic (exact) mass is 337 g/mol. The zero-order valence-electron chi connectivity index (χ0n) is 14.8. The SMILES string of the molecule is Cc1ccc(C(C)C)c(OCC(=O)NCc2nc3ccccc3[nH]2)c1. The summed E-state index contributed by atoms with van der Waals surface area (Å²) in [4.78, 5) is 19.7. The summed E-state index contributed by atoms with van der Waals surface area (Å²) < 4.78 is 5.75. The van der Waals surface area contributed by atoms with Crippen LogP contribution in [-0.2, 0) is 11.3 Å². The second-order valence-electron chi connectivity index (χ2n) is 6.46. The summed E-state index contributed by atoms with van der Waals surface area (Å²) in [5.74, 6) is 1.67. The second kappa shape index (κ2) is 7.38. The van der Waals surface area contributed by atoms with Gasteiger partial charge in [-0.2, -0.15) is 0 Å². The Hall–Kier alpha value is -2.82. The van der Waals surface area contributed by atoms with Gasteiger partial charge in [-0.3, -0.25) is 4.79 Å². The van der Waals surface area contributed by atoms with Gasteiger partial charge in [0.05, 0.1) is 17.6 Å². The average Bonchev–Trinajstić information content (AvgIpc) is 3.01. The number of aromatic nitrogens is 2. The number of nitrogens with zero attached hydrogens (tertiary/aromatic N) is 1. The van der Waals surface area contributed by atoms with Gasteiger partial charge in [0.1, 0.15) is 11.6 Å². The molecule has 0 radical (unpaired) electrons. The van der Waals surface area contributed by atoms with E-state index in [4.69, 9.17) is 4.74 Å². The summed E-state index contributed by atoms with van der Waals surface area (Å²) in [6.07, 6.45) is 0. The molecule has 1 amide bonds. The van der Waals surface area contributed by atoms with Crippen molar-refractivity contribution in [2.24, 2.45) is 0 Å². The normalized spacial score (nSPS) is 11.0. The topological polar surface area (TPSA) is 67.0 Å². The molecule has 3 aromatic rings. The van der Waals surface area contributed by atoms with E-state index in [9.17, 15) is 4.79 Å². The Morgan fingerprint density at radius 1 is 1.24 bits per heavy atom. The predicted octanol–water partition coefficient (Wildman–Crippen LogP) is 3.69. The maximum atomic E-state index is 12.1. The largest absolute Gasteiger partial charge is 0.483 e. The van der Waals surface area contributed by atoms with Crippen LogP contribution in [0.25, 0.3) is 11.0 Å². The summed E-state index contributed by atoms with van der Waals surface area (Å²) in [5, 5.41) is 2.84. The van der Waals surface area contributed by atoms with Gasteiger partial charge in [-0.15, -0.1) is 0 Å². The lowest BCUT2D eigenvalue weighted by molar-refractivity contribution is -0.123. The van der Waals surface area contributed by atoms with Crippen molar-refractivity contribution in [3.8, 4) is 5.75 Å². The Bertz CT molecular complexity index is 851. The van der Waals surface area contributed by atoms with Crippen molar-refractivity contribution in [3.05, 3.63) is 59.4 Å². The van der Waals surface area contributed by atoms with Gasteiger partial charge in [-0.1, -0.05) is 38.1 Å². The van der Waals surface area contributed by atoms with E-state index in [1.165, 1.54) is 0 Å². The molecule has 0 unspecified atom stereocenters. The van der Waals surface area contributed by atoms with Crippen molar-refractivity contribution in [2.75, 3.05) is 6.61 Å². The number of aryl methyl sites for hydroxylation is 1. The molecule has 0 fully saturated rings. The average molecular weight is 337 g/mol. The third kappa shape index (κ3) is 4.18. The van der Waals surface area contributed by atoms with Crippen LogP contribution in [0, 0.1) is 6.92 Å². The lowest BCUT2D eigenvalue weighted by atomic mass is 10.0. The maximum absolute atomic E-state index is 12.1. The first-order valence-electron chi connectivity index (χ1n) is 8.46. The minimum absolute atomic E-state index is 0.0105. The van der Waals surface area contributed by atoms with Gasteiger partial charge in [0.15, 0.2) is 6.61 Å². The molecule has 0 aliphatic rings. The van der Waals surface area contributed by atoms with Gasteiger partial charge < -0.3 is 15.0 Å². The van der Waals surface area contributed by atoms with E-state index in [0.29, 0.717) is 12.5 Å². The molecule has 1 aromatic heterocycles. The minimum Gasteiger partial charge on any atom is -0.483 e. The van der Waals surface area contributed by atoms with Gasteiger partial charge in [-0.25, -0.2) is 4.98 Å². The summed E-state index contributed by atoms with van der Waals surface area (Å²) in [7, 11) is 0. The number of imidazole rings is 1. The number of hydrogen-bond acceptors (Lipinski definition) is 3. The summed E-state index contributed by atoms with van der Waals surface area (Å²) in [5.41, 5.74) is 4.08. The van der Waals surface area contributed by atoms with Crippen molar-refractivity contribution in [1.29, 1.82) is 0 Å². The molecule has 0 aliphatic carbocycles. The Morgan fingerprint density at radius 2 is 2.04 bits per heavy atom. The number of nitrogens with one attached hydrogen (secondary N) is 2. The smallest absolute Gasteiger partial charge is 0.258 e. The van der Waals surface area contributed by atoms with Gasteiger partial charge in [-0.05, 0) is 42.2 Å². The third-order valence-corrected chi connectivity index (χ3v) is 4.04. The van der Waals surface area contributed by atoms with E-state index >= 15 is 0 Å². The lowest BCUT2D eigenvalue weighted by Crippen LogP contribution is -2.29. The third-order valence-electron chi connectivity index (χ3n) is 4.04. The molecule has 0 bridgehead atoms. The molecule has 5 nitrogen and oxygen atoms in total. The van der Waals surface area contributed by atoms with Crippen LogP contribution in [0.3, 0.4) is 0 Å². The highest BCUT2D eigenvalue weighted by Gasteiger charge is 2.11. The number of para-hydroxylation sites is 2. The van der Waals surface area contributed by atoms with Gasteiger partial charge in [0.25, 0.3) is 5.91 Å². The van der Waals surface area contributed by atoms with Crippen LogP contribution < -0.4 is 10.1 Å². The maximum Gasteiger partial charge on any atom is 0.258 e. The number of carbonyl (C=O) groups excluding carboxylic acids is 1. The first-order valence-corrected chi connectivity index (χ1v) is 8.46. The highest BCUT2D eigenvalue weighted by molar-refractivity contribution is 5.78. The molecule has 0 saturated carbocycles. The number of hydrogen-bond donors (Lipinski definition) is 2. The number of fused-ring (bicyclic) bond motifs is 1. The van der Waals surface area contributed by atoms with Crippen molar-refractivity contribution < 1.29 is 9.53 Å². The Balaban J connectivity index is 1.57. The molecule has 25 heavy (non-hydrogen) atoms. The molecule has 0 aliphatic heterocycles. The molecule has 1 heterocycles. The lowest BCUT2D eigenvalue weighted by Gasteiger charge is -2.14. The van der Waals surface area contributed by atoms with Crippen LogP contribution in [0.1, 0.15) is 36.7 Å². The Labute approximate surface area is 147 Å². The molecule has 3 rings (SSSR count). The van der Waals surface area contributed by atoms with E-state index in [1.807, 2.05) is 37.3 Å². The van der Waals surface area contributed by atoms with Crippen molar-refractivity contribution in [3.63, 3.8) is 0 Å². The van der Waals surface area contributed by atoms with Crippen LogP contribution in [0.2, 0.25) is 0 Å². The first-order chi connectivity index (χ1) is 12.0. The molecule has 0 atom stereocenters. The number of carbonyl (C=O) groups is 1. The van der Waals surface area contributed by atoms with E-state index in [-0.39, 0.29) is 12.5 Å². The number of ether oxygens (including phenoxy) is 1. The molecule has 0 saturated heterocycles. The fourth-order valence-electron chi connectivity index (χ4n) is 2.71.